The van der Waals surface area contributed by atoms with Crippen molar-refractivity contribution in [1.29, 1.82) is 0 Å². The summed E-state index contributed by atoms with van der Waals surface area (Å²) in [6.45, 7) is -0.0211. The van der Waals surface area contributed by atoms with Crippen LogP contribution in [0.3, 0.4) is 0 Å². The van der Waals surface area contributed by atoms with E-state index in [2.05, 4.69) is 5.32 Å². The second-order valence-electron chi connectivity index (χ2n) is 4.47. The van der Waals surface area contributed by atoms with Crippen LogP contribution in [0.25, 0.3) is 0 Å². The molecule has 0 aromatic carbocycles. The lowest BCUT2D eigenvalue weighted by molar-refractivity contribution is -0.128. The summed E-state index contributed by atoms with van der Waals surface area (Å²) in [4.78, 5) is 22.1. The molecule has 3 N–H and O–H groups in total. The normalized spacial score (nSPS) is 34.4. The smallest absolute Gasteiger partial charge is 0.236 e. The molecule has 3 atom stereocenters. The Bertz CT molecular complexity index is 265. The third-order valence-electron chi connectivity index (χ3n) is 3.51. The predicted octanol–water partition coefficient (Wildman–Crippen LogP) is 0.0241. The first-order valence-corrected chi connectivity index (χ1v) is 5.23. The van der Waals surface area contributed by atoms with E-state index in [1.807, 2.05) is 0 Å². The highest BCUT2D eigenvalue weighted by Crippen LogP contribution is 2.48. The van der Waals surface area contributed by atoms with E-state index in [1.54, 1.807) is 0 Å². The topological polar surface area (TPSA) is 72.2 Å². The van der Waals surface area contributed by atoms with Crippen molar-refractivity contribution in [2.75, 3.05) is 6.54 Å². The van der Waals surface area contributed by atoms with Gasteiger partial charge in [-0.2, -0.15) is 0 Å². The van der Waals surface area contributed by atoms with E-state index in [9.17, 15) is 9.59 Å². The fraction of sp³-hybridized carbons (Fsp3) is 0.800. The molecule has 0 aromatic rings. The quantitative estimate of drug-likeness (QED) is 0.668. The number of nitrogens with one attached hydrogen (secondary N) is 1. The number of hydrogen-bond donors (Lipinski definition) is 2. The minimum Gasteiger partial charge on any atom is -0.368 e. The SMILES string of the molecule is NC(=O)CNC(=O)C1CC2CCC1C2. The van der Waals surface area contributed by atoms with Crippen molar-refractivity contribution in [1.82, 2.24) is 5.32 Å². The van der Waals surface area contributed by atoms with Gasteiger partial charge in [-0.1, -0.05) is 6.42 Å². The van der Waals surface area contributed by atoms with Crippen LogP contribution in [-0.4, -0.2) is 18.4 Å². The molecule has 0 radical (unpaired) electrons. The minimum atomic E-state index is -0.471. The number of primary amides is 1. The Morgan fingerprint density at radius 2 is 2.07 bits per heavy atom. The Morgan fingerprint density at radius 3 is 2.57 bits per heavy atom. The lowest BCUT2D eigenvalue weighted by atomic mass is 9.88. The lowest BCUT2D eigenvalue weighted by Gasteiger charge is -2.20. The fourth-order valence-electron chi connectivity index (χ4n) is 2.87. The summed E-state index contributed by atoms with van der Waals surface area (Å²) >= 11 is 0. The highest BCUT2D eigenvalue weighted by molar-refractivity contribution is 5.85. The Balaban J connectivity index is 1.84. The standard InChI is InChI=1S/C10H16N2O2/c11-9(13)5-12-10(14)8-4-6-1-2-7(8)3-6/h6-8H,1-5H2,(H2,11,13)(H,12,14). The van der Waals surface area contributed by atoms with E-state index in [1.165, 1.54) is 19.3 Å². The number of rotatable bonds is 3. The van der Waals surface area contributed by atoms with Gasteiger partial charge in [-0.05, 0) is 31.1 Å². The van der Waals surface area contributed by atoms with Gasteiger partial charge in [0.15, 0.2) is 0 Å². The van der Waals surface area contributed by atoms with E-state index in [4.69, 9.17) is 5.73 Å². The minimum absolute atomic E-state index is 0.0211. The van der Waals surface area contributed by atoms with Crippen LogP contribution in [0.1, 0.15) is 25.7 Å². The monoisotopic (exact) mass is 196 g/mol. The van der Waals surface area contributed by atoms with Crippen molar-refractivity contribution in [3.8, 4) is 0 Å². The Kier molecular flexibility index (Phi) is 2.44. The zero-order valence-electron chi connectivity index (χ0n) is 8.16. The first-order chi connectivity index (χ1) is 6.66. The van der Waals surface area contributed by atoms with E-state index in [-0.39, 0.29) is 18.4 Å². The summed E-state index contributed by atoms with van der Waals surface area (Å²) in [6, 6.07) is 0. The van der Waals surface area contributed by atoms with Gasteiger partial charge in [-0.25, -0.2) is 0 Å². The summed E-state index contributed by atoms with van der Waals surface area (Å²) in [6.07, 6.45) is 4.67. The third-order valence-corrected chi connectivity index (χ3v) is 3.51. The van der Waals surface area contributed by atoms with Gasteiger partial charge in [0.25, 0.3) is 0 Å². The van der Waals surface area contributed by atoms with Gasteiger partial charge in [0.05, 0.1) is 6.54 Å². The maximum Gasteiger partial charge on any atom is 0.236 e. The molecule has 0 aromatic heterocycles. The molecular formula is C10H16N2O2. The number of nitrogens with two attached hydrogens (primary N) is 1. The average molecular weight is 196 g/mol. The van der Waals surface area contributed by atoms with E-state index in [0.29, 0.717) is 5.92 Å². The Labute approximate surface area is 83.2 Å². The predicted molar refractivity (Wildman–Crippen MR) is 51.1 cm³/mol. The van der Waals surface area contributed by atoms with E-state index in [0.717, 1.165) is 12.3 Å². The molecular weight excluding hydrogens is 180 g/mol. The molecule has 2 saturated carbocycles. The van der Waals surface area contributed by atoms with Gasteiger partial charge in [0.1, 0.15) is 0 Å². The molecule has 78 valence electrons. The van der Waals surface area contributed by atoms with Crippen molar-refractivity contribution >= 4 is 11.8 Å². The Morgan fingerprint density at radius 1 is 1.29 bits per heavy atom. The second kappa shape index (κ2) is 3.59. The number of carbonyl (C=O) groups excluding carboxylic acids is 2. The van der Waals surface area contributed by atoms with E-state index < -0.39 is 5.91 Å². The summed E-state index contributed by atoms with van der Waals surface area (Å²) in [5.41, 5.74) is 4.96. The molecule has 2 aliphatic carbocycles. The summed E-state index contributed by atoms with van der Waals surface area (Å²) in [5, 5.41) is 2.60. The van der Waals surface area contributed by atoms with Crippen LogP contribution in [0, 0.1) is 17.8 Å². The van der Waals surface area contributed by atoms with Gasteiger partial charge in [0, 0.05) is 5.92 Å². The highest BCUT2D eigenvalue weighted by atomic mass is 16.2. The first-order valence-electron chi connectivity index (χ1n) is 5.23. The number of carbonyl (C=O) groups is 2. The zero-order valence-corrected chi connectivity index (χ0v) is 8.16. The zero-order chi connectivity index (χ0) is 10.1. The number of fused-ring (bicyclic) bond motifs is 2. The van der Waals surface area contributed by atoms with Crippen LogP contribution in [-0.2, 0) is 9.59 Å². The fourth-order valence-corrected chi connectivity index (χ4v) is 2.87. The molecule has 0 saturated heterocycles. The van der Waals surface area contributed by atoms with E-state index >= 15 is 0 Å². The molecule has 3 unspecified atom stereocenters. The molecule has 4 nitrogen and oxygen atoms in total. The molecule has 2 rings (SSSR count). The van der Waals surface area contributed by atoms with Gasteiger partial charge in [-0.15, -0.1) is 0 Å². The summed E-state index contributed by atoms with van der Waals surface area (Å²) in [5.74, 6) is 1.02. The van der Waals surface area contributed by atoms with Gasteiger partial charge < -0.3 is 11.1 Å². The van der Waals surface area contributed by atoms with Gasteiger partial charge >= 0.3 is 0 Å². The molecule has 0 heterocycles. The molecule has 4 heteroatoms. The Hall–Kier alpha value is -1.06. The van der Waals surface area contributed by atoms with Crippen LogP contribution in [0.2, 0.25) is 0 Å². The molecule has 2 aliphatic rings. The van der Waals surface area contributed by atoms with Gasteiger partial charge in [0.2, 0.25) is 11.8 Å². The molecule has 2 bridgehead atoms. The molecule has 0 spiro atoms. The second-order valence-corrected chi connectivity index (χ2v) is 4.47. The molecule has 14 heavy (non-hydrogen) atoms. The maximum absolute atomic E-state index is 11.6. The first kappa shape index (κ1) is 9.49. The molecule has 2 fully saturated rings. The molecule has 2 amide bonds. The summed E-state index contributed by atoms with van der Waals surface area (Å²) < 4.78 is 0. The van der Waals surface area contributed by atoms with Crippen LogP contribution < -0.4 is 11.1 Å². The number of amides is 2. The van der Waals surface area contributed by atoms with Crippen molar-refractivity contribution < 1.29 is 9.59 Å². The van der Waals surface area contributed by atoms with Crippen LogP contribution in [0.15, 0.2) is 0 Å². The largest absolute Gasteiger partial charge is 0.368 e. The van der Waals surface area contributed by atoms with Crippen LogP contribution in [0.4, 0.5) is 0 Å². The average Bonchev–Trinajstić information content (AvgIpc) is 2.74. The third kappa shape index (κ3) is 1.74. The van der Waals surface area contributed by atoms with Crippen molar-refractivity contribution in [3.63, 3.8) is 0 Å². The van der Waals surface area contributed by atoms with Crippen LogP contribution >= 0.6 is 0 Å². The van der Waals surface area contributed by atoms with Crippen LogP contribution in [0.5, 0.6) is 0 Å². The van der Waals surface area contributed by atoms with Crippen molar-refractivity contribution in [3.05, 3.63) is 0 Å². The summed E-state index contributed by atoms with van der Waals surface area (Å²) in [7, 11) is 0. The highest BCUT2D eigenvalue weighted by Gasteiger charge is 2.42. The van der Waals surface area contributed by atoms with Crippen molar-refractivity contribution in [2.45, 2.75) is 25.7 Å². The van der Waals surface area contributed by atoms with Crippen molar-refractivity contribution in [2.24, 2.45) is 23.5 Å². The maximum atomic E-state index is 11.6. The number of hydrogen-bond acceptors (Lipinski definition) is 2. The lowest BCUT2D eigenvalue weighted by Crippen LogP contribution is -2.38. The van der Waals surface area contributed by atoms with Gasteiger partial charge in [-0.3, -0.25) is 9.59 Å². The molecule has 0 aliphatic heterocycles.